The zero-order valence-electron chi connectivity index (χ0n) is 14.4. The van der Waals surface area contributed by atoms with E-state index < -0.39 is 6.10 Å². The highest BCUT2D eigenvalue weighted by Crippen LogP contribution is 2.36. The second-order valence-electron chi connectivity index (χ2n) is 7.67. The van der Waals surface area contributed by atoms with Crippen LogP contribution in [0.5, 0.6) is 5.75 Å². The van der Waals surface area contributed by atoms with Gasteiger partial charge in [0.25, 0.3) is 0 Å². The number of hydrogen-bond donors (Lipinski definition) is 2. The Kier molecular flexibility index (Phi) is 6.24. The predicted molar refractivity (Wildman–Crippen MR) is 89.0 cm³/mol. The maximum Gasteiger partial charge on any atom is 0.119 e. The van der Waals surface area contributed by atoms with E-state index in [-0.39, 0.29) is 5.41 Å². The summed E-state index contributed by atoms with van der Waals surface area (Å²) in [6.07, 6.45) is 0.646. The van der Waals surface area contributed by atoms with Crippen LogP contribution in [0.25, 0.3) is 0 Å². The Morgan fingerprint density at radius 1 is 1.10 bits per heavy atom. The van der Waals surface area contributed by atoms with Gasteiger partial charge in [-0.2, -0.15) is 0 Å². The molecule has 0 fully saturated rings. The molecule has 3 heteroatoms. The monoisotopic (exact) mass is 293 g/mol. The van der Waals surface area contributed by atoms with E-state index in [1.807, 2.05) is 19.2 Å². The van der Waals surface area contributed by atoms with Gasteiger partial charge in [0.1, 0.15) is 18.5 Å². The summed E-state index contributed by atoms with van der Waals surface area (Å²) in [7, 11) is 1.81. The smallest absolute Gasteiger partial charge is 0.119 e. The average molecular weight is 293 g/mol. The number of aliphatic hydroxyl groups excluding tert-OH is 1. The van der Waals surface area contributed by atoms with Crippen LogP contribution in [0.2, 0.25) is 0 Å². The molecule has 0 bridgehead atoms. The molecule has 0 aliphatic rings. The first-order valence-electron chi connectivity index (χ1n) is 7.70. The molecule has 0 aliphatic heterocycles. The minimum Gasteiger partial charge on any atom is -0.491 e. The summed E-state index contributed by atoms with van der Waals surface area (Å²) in [6, 6.07) is 8.24. The van der Waals surface area contributed by atoms with Crippen LogP contribution in [0.15, 0.2) is 24.3 Å². The standard InChI is InChI=1S/C18H31NO2/c1-17(2,3)13-18(4,5)14-7-9-16(10-8-14)21-12-15(20)11-19-6/h7-10,15,19-20H,11-13H2,1-6H3. The molecule has 0 aliphatic carbocycles. The molecule has 0 amide bonds. The van der Waals surface area contributed by atoms with Crippen molar-refractivity contribution in [3.63, 3.8) is 0 Å². The Morgan fingerprint density at radius 2 is 1.67 bits per heavy atom. The van der Waals surface area contributed by atoms with Gasteiger partial charge < -0.3 is 15.2 Å². The van der Waals surface area contributed by atoms with E-state index in [1.165, 1.54) is 5.56 Å². The van der Waals surface area contributed by atoms with Gasteiger partial charge in [-0.15, -0.1) is 0 Å². The molecule has 1 unspecified atom stereocenters. The molecule has 0 radical (unpaired) electrons. The highest BCUT2D eigenvalue weighted by atomic mass is 16.5. The molecule has 3 nitrogen and oxygen atoms in total. The number of ether oxygens (including phenoxy) is 1. The van der Waals surface area contributed by atoms with Gasteiger partial charge in [-0.25, -0.2) is 0 Å². The molecule has 0 heterocycles. The molecule has 0 saturated carbocycles. The normalized spacial score (nSPS) is 14.0. The van der Waals surface area contributed by atoms with E-state index in [1.54, 1.807) is 0 Å². The molecule has 1 rings (SSSR count). The fraction of sp³-hybridized carbons (Fsp3) is 0.667. The van der Waals surface area contributed by atoms with Gasteiger partial charge in [-0.3, -0.25) is 0 Å². The fourth-order valence-electron chi connectivity index (χ4n) is 2.92. The van der Waals surface area contributed by atoms with Gasteiger partial charge in [0.2, 0.25) is 0 Å². The van der Waals surface area contributed by atoms with E-state index >= 15 is 0 Å². The zero-order valence-corrected chi connectivity index (χ0v) is 14.4. The van der Waals surface area contributed by atoms with Gasteiger partial charge in [0.15, 0.2) is 0 Å². The third-order valence-corrected chi connectivity index (χ3v) is 3.49. The lowest BCUT2D eigenvalue weighted by Gasteiger charge is -2.33. The van der Waals surface area contributed by atoms with E-state index in [0.717, 1.165) is 12.2 Å². The first-order valence-corrected chi connectivity index (χ1v) is 7.70. The molecule has 0 saturated heterocycles. The lowest BCUT2D eigenvalue weighted by atomic mass is 9.72. The predicted octanol–water partition coefficient (Wildman–Crippen LogP) is 3.36. The average Bonchev–Trinajstić information content (AvgIpc) is 2.34. The maximum atomic E-state index is 9.63. The van der Waals surface area contributed by atoms with Crippen LogP contribution in [0, 0.1) is 5.41 Å². The third-order valence-electron chi connectivity index (χ3n) is 3.49. The zero-order chi connectivity index (χ0) is 16.1. The molecule has 21 heavy (non-hydrogen) atoms. The molecular formula is C18H31NO2. The highest BCUT2D eigenvalue weighted by Gasteiger charge is 2.27. The van der Waals surface area contributed by atoms with Crippen molar-refractivity contribution in [2.45, 2.75) is 52.6 Å². The summed E-state index contributed by atoms with van der Waals surface area (Å²) in [4.78, 5) is 0. The van der Waals surface area contributed by atoms with Crippen molar-refractivity contribution < 1.29 is 9.84 Å². The van der Waals surface area contributed by atoms with Gasteiger partial charge >= 0.3 is 0 Å². The molecule has 1 atom stereocenters. The van der Waals surface area contributed by atoms with Crippen molar-refractivity contribution in [2.24, 2.45) is 5.41 Å². The Morgan fingerprint density at radius 3 is 2.14 bits per heavy atom. The molecule has 0 spiro atoms. The van der Waals surface area contributed by atoms with Gasteiger partial charge in [0.05, 0.1) is 0 Å². The van der Waals surface area contributed by atoms with Crippen LogP contribution in [-0.4, -0.2) is 31.4 Å². The summed E-state index contributed by atoms with van der Waals surface area (Å²) >= 11 is 0. The van der Waals surface area contributed by atoms with Crippen molar-refractivity contribution >= 4 is 0 Å². The molecule has 1 aromatic rings. The van der Waals surface area contributed by atoms with Crippen LogP contribution in [-0.2, 0) is 5.41 Å². The first kappa shape index (κ1) is 18.0. The summed E-state index contributed by atoms with van der Waals surface area (Å²) in [5, 5.41) is 12.6. The van der Waals surface area contributed by atoms with Crippen LogP contribution in [0.1, 0.15) is 46.6 Å². The number of nitrogens with one attached hydrogen (secondary N) is 1. The Bertz CT molecular complexity index is 418. The first-order chi connectivity index (χ1) is 9.64. The Labute approximate surface area is 129 Å². The Balaban J connectivity index is 2.65. The quantitative estimate of drug-likeness (QED) is 0.810. The summed E-state index contributed by atoms with van der Waals surface area (Å²) < 4.78 is 5.60. The van der Waals surface area contributed by atoms with Gasteiger partial charge in [-0.05, 0) is 42.0 Å². The maximum absolute atomic E-state index is 9.63. The van der Waals surface area contributed by atoms with E-state index in [2.05, 4.69) is 52.1 Å². The van der Waals surface area contributed by atoms with Crippen molar-refractivity contribution in [3.05, 3.63) is 29.8 Å². The lowest BCUT2D eigenvalue weighted by molar-refractivity contribution is 0.108. The third kappa shape index (κ3) is 6.49. The number of likely N-dealkylation sites (N-methyl/N-ethyl adjacent to an activating group) is 1. The number of aliphatic hydroxyl groups is 1. The Hall–Kier alpha value is -1.06. The largest absolute Gasteiger partial charge is 0.491 e. The summed E-state index contributed by atoms with van der Waals surface area (Å²) in [6.45, 7) is 12.2. The fourth-order valence-corrected chi connectivity index (χ4v) is 2.92. The lowest BCUT2D eigenvalue weighted by Crippen LogP contribution is -2.29. The molecule has 0 aromatic heterocycles. The van der Waals surface area contributed by atoms with Crippen LogP contribution in [0.3, 0.4) is 0 Å². The van der Waals surface area contributed by atoms with Crippen LogP contribution in [0.4, 0.5) is 0 Å². The second-order valence-corrected chi connectivity index (χ2v) is 7.67. The van der Waals surface area contributed by atoms with Crippen molar-refractivity contribution in [1.82, 2.24) is 5.32 Å². The molecule has 1 aromatic carbocycles. The highest BCUT2D eigenvalue weighted by molar-refractivity contribution is 5.31. The minimum absolute atomic E-state index is 0.141. The molecule has 2 N–H and O–H groups in total. The summed E-state index contributed by atoms with van der Waals surface area (Å²) in [5.74, 6) is 0.806. The minimum atomic E-state index is -0.480. The van der Waals surface area contributed by atoms with E-state index in [0.29, 0.717) is 18.6 Å². The van der Waals surface area contributed by atoms with Gasteiger partial charge in [0, 0.05) is 6.54 Å². The van der Waals surface area contributed by atoms with Crippen LogP contribution < -0.4 is 10.1 Å². The molecular weight excluding hydrogens is 262 g/mol. The topological polar surface area (TPSA) is 41.5 Å². The van der Waals surface area contributed by atoms with Gasteiger partial charge in [-0.1, -0.05) is 46.8 Å². The SMILES string of the molecule is CNCC(O)COc1ccc(C(C)(C)CC(C)(C)C)cc1. The van der Waals surface area contributed by atoms with Crippen LogP contribution >= 0.6 is 0 Å². The number of benzene rings is 1. The second kappa shape index (κ2) is 7.28. The van der Waals surface area contributed by atoms with Crippen molar-refractivity contribution in [1.29, 1.82) is 0 Å². The molecule has 120 valence electrons. The van der Waals surface area contributed by atoms with Crippen molar-refractivity contribution in [2.75, 3.05) is 20.2 Å². The summed E-state index contributed by atoms with van der Waals surface area (Å²) in [5.41, 5.74) is 1.76. The van der Waals surface area contributed by atoms with E-state index in [4.69, 9.17) is 4.74 Å². The number of hydrogen-bond acceptors (Lipinski definition) is 3. The van der Waals surface area contributed by atoms with E-state index in [9.17, 15) is 5.11 Å². The number of rotatable bonds is 7. The van der Waals surface area contributed by atoms with Crippen molar-refractivity contribution in [3.8, 4) is 5.75 Å².